The summed E-state index contributed by atoms with van der Waals surface area (Å²) in [5, 5.41) is 12.1. The second-order valence-corrected chi connectivity index (χ2v) is 6.63. The standard InChI is InChI=1S/C16H28N2O3/c1-12-11-14(15(19)20)8-10-18(12)16(21)17-9-7-13-5-3-2-4-6-13/h12-14H,2-11H2,1H3,(H,17,21)(H,19,20). The molecule has 2 N–H and O–H groups in total. The first-order valence-electron chi connectivity index (χ1n) is 8.35. The summed E-state index contributed by atoms with van der Waals surface area (Å²) in [4.78, 5) is 25.0. The van der Waals surface area contributed by atoms with Gasteiger partial charge in [0.2, 0.25) is 0 Å². The predicted molar refractivity (Wildman–Crippen MR) is 81.1 cm³/mol. The largest absolute Gasteiger partial charge is 0.481 e. The molecule has 5 nitrogen and oxygen atoms in total. The lowest BCUT2D eigenvalue weighted by molar-refractivity contribution is -0.143. The zero-order chi connectivity index (χ0) is 15.2. The Kier molecular flexibility index (Phi) is 5.88. The van der Waals surface area contributed by atoms with Gasteiger partial charge in [0, 0.05) is 19.1 Å². The number of urea groups is 1. The molecule has 1 saturated heterocycles. The Morgan fingerprint density at radius 3 is 2.52 bits per heavy atom. The molecule has 1 saturated carbocycles. The minimum Gasteiger partial charge on any atom is -0.481 e. The number of aliphatic carboxylic acids is 1. The average Bonchev–Trinajstić information content (AvgIpc) is 2.48. The summed E-state index contributed by atoms with van der Waals surface area (Å²) in [5.41, 5.74) is 0. The highest BCUT2D eigenvalue weighted by molar-refractivity contribution is 5.75. The summed E-state index contributed by atoms with van der Waals surface area (Å²) in [6, 6.07) is -0.0170. The molecule has 2 atom stereocenters. The van der Waals surface area contributed by atoms with Crippen LogP contribution in [0.3, 0.4) is 0 Å². The first-order valence-corrected chi connectivity index (χ1v) is 8.35. The number of carbonyl (C=O) groups is 2. The molecule has 2 aliphatic rings. The molecule has 0 aromatic carbocycles. The Labute approximate surface area is 127 Å². The van der Waals surface area contributed by atoms with Crippen molar-refractivity contribution in [2.45, 2.75) is 64.3 Å². The number of carbonyl (C=O) groups excluding carboxylic acids is 1. The first kappa shape index (κ1) is 16.1. The van der Waals surface area contributed by atoms with E-state index in [1.54, 1.807) is 4.90 Å². The fourth-order valence-electron chi connectivity index (χ4n) is 3.66. The van der Waals surface area contributed by atoms with Crippen molar-refractivity contribution in [2.24, 2.45) is 11.8 Å². The summed E-state index contributed by atoms with van der Waals surface area (Å²) in [6.45, 7) is 3.23. The smallest absolute Gasteiger partial charge is 0.317 e. The molecule has 0 radical (unpaired) electrons. The SMILES string of the molecule is CC1CC(C(=O)O)CCN1C(=O)NCCC1CCCCC1. The quantitative estimate of drug-likeness (QED) is 0.838. The number of amides is 2. The number of likely N-dealkylation sites (tertiary alicyclic amines) is 1. The highest BCUT2D eigenvalue weighted by Gasteiger charge is 2.32. The summed E-state index contributed by atoms with van der Waals surface area (Å²) < 4.78 is 0. The Morgan fingerprint density at radius 2 is 1.90 bits per heavy atom. The second-order valence-electron chi connectivity index (χ2n) is 6.63. The topological polar surface area (TPSA) is 69.6 Å². The number of piperidine rings is 1. The maximum atomic E-state index is 12.2. The minimum absolute atomic E-state index is 0.00882. The number of nitrogens with zero attached hydrogens (tertiary/aromatic N) is 1. The van der Waals surface area contributed by atoms with Gasteiger partial charge in [-0.15, -0.1) is 0 Å². The molecule has 2 fully saturated rings. The minimum atomic E-state index is -0.737. The van der Waals surface area contributed by atoms with Gasteiger partial charge < -0.3 is 15.3 Å². The van der Waals surface area contributed by atoms with Gasteiger partial charge in [-0.1, -0.05) is 32.1 Å². The molecule has 1 aliphatic heterocycles. The molecule has 0 spiro atoms. The molecular weight excluding hydrogens is 268 g/mol. The van der Waals surface area contributed by atoms with Crippen molar-refractivity contribution in [3.63, 3.8) is 0 Å². The van der Waals surface area contributed by atoms with Crippen molar-refractivity contribution in [1.29, 1.82) is 0 Å². The molecule has 0 bridgehead atoms. The van der Waals surface area contributed by atoms with Crippen molar-refractivity contribution in [3.05, 3.63) is 0 Å². The molecular formula is C16H28N2O3. The maximum Gasteiger partial charge on any atom is 0.317 e. The van der Waals surface area contributed by atoms with E-state index in [-0.39, 0.29) is 18.0 Å². The van der Waals surface area contributed by atoms with Crippen molar-refractivity contribution in [2.75, 3.05) is 13.1 Å². The highest BCUT2D eigenvalue weighted by Crippen LogP contribution is 2.26. The lowest BCUT2D eigenvalue weighted by Gasteiger charge is -2.36. The highest BCUT2D eigenvalue weighted by atomic mass is 16.4. The number of hydrogen-bond acceptors (Lipinski definition) is 2. The number of carboxylic acid groups (broad SMARTS) is 1. The van der Waals surface area contributed by atoms with Crippen molar-refractivity contribution in [3.8, 4) is 0 Å². The molecule has 0 aromatic heterocycles. The zero-order valence-electron chi connectivity index (χ0n) is 13.0. The maximum absolute atomic E-state index is 12.2. The Balaban J connectivity index is 1.69. The van der Waals surface area contributed by atoms with Gasteiger partial charge in [-0.2, -0.15) is 0 Å². The number of rotatable bonds is 4. The number of hydrogen-bond donors (Lipinski definition) is 2. The summed E-state index contributed by atoms with van der Waals surface area (Å²) in [6.07, 6.45) is 8.83. The van der Waals surface area contributed by atoms with Crippen LogP contribution >= 0.6 is 0 Å². The number of nitrogens with one attached hydrogen (secondary N) is 1. The summed E-state index contributed by atoms with van der Waals surface area (Å²) in [7, 11) is 0. The van der Waals surface area contributed by atoms with E-state index in [9.17, 15) is 9.59 Å². The normalized spacial score (nSPS) is 27.4. The van der Waals surface area contributed by atoms with Gasteiger partial charge in [-0.25, -0.2) is 4.79 Å². The van der Waals surface area contributed by atoms with E-state index in [1.807, 2.05) is 6.92 Å². The van der Waals surface area contributed by atoms with Crippen LogP contribution in [0.2, 0.25) is 0 Å². The zero-order valence-corrected chi connectivity index (χ0v) is 13.0. The molecule has 120 valence electrons. The van der Waals surface area contributed by atoms with Crippen LogP contribution in [0.25, 0.3) is 0 Å². The van der Waals surface area contributed by atoms with Crippen LogP contribution in [-0.2, 0) is 4.79 Å². The summed E-state index contributed by atoms with van der Waals surface area (Å²) in [5.74, 6) is -0.264. The molecule has 1 aliphatic carbocycles. The predicted octanol–water partition coefficient (Wildman–Crippen LogP) is 2.85. The fraction of sp³-hybridized carbons (Fsp3) is 0.875. The second kappa shape index (κ2) is 7.66. The molecule has 2 amide bonds. The third kappa shape index (κ3) is 4.61. The third-order valence-electron chi connectivity index (χ3n) is 5.04. The van der Waals surface area contributed by atoms with E-state index in [1.165, 1.54) is 32.1 Å². The van der Waals surface area contributed by atoms with Crippen molar-refractivity contribution in [1.82, 2.24) is 10.2 Å². The fourth-order valence-corrected chi connectivity index (χ4v) is 3.66. The molecule has 2 unspecified atom stereocenters. The van der Waals surface area contributed by atoms with Gasteiger partial charge in [0.1, 0.15) is 0 Å². The van der Waals surface area contributed by atoms with Crippen LogP contribution in [0.15, 0.2) is 0 Å². The molecule has 0 aromatic rings. The van der Waals surface area contributed by atoms with Crippen molar-refractivity contribution >= 4 is 12.0 Å². The Morgan fingerprint density at radius 1 is 1.19 bits per heavy atom. The Bertz CT molecular complexity index is 367. The van der Waals surface area contributed by atoms with E-state index < -0.39 is 5.97 Å². The van der Waals surface area contributed by atoms with Crippen molar-refractivity contribution < 1.29 is 14.7 Å². The van der Waals surface area contributed by atoms with Crippen LogP contribution in [0.4, 0.5) is 4.79 Å². The van der Waals surface area contributed by atoms with Gasteiger partial charge in [0.15, 0.2) is 0 Å². The molecule has 2 rings (SSSR count). The van der Waals surface area contributed by atoms with E-state index in [2.05, 4.69) is 5.32 Å². The lowest BCUT2D eigenvalue weighted by atomic mass is 9.87. The van der Waals surface area contributed by atoms with E-state index in [4.69, 9.17) is 5.11 Å². The third-order valence-corrected chi connectivity index (χ3v) is 5.04. The molecule has 1 heterocycles. The van der Waals surface area contributed by atoms with E-state index in [0.717, 1.165) is 18.9 Å². The Hall–Kier alpha value is -1.26. The molecule has 5 heteroatoms. The summed E-state index contributed by atoms with van der Waals surface area (Å²) >= 11 is 0. The van der Waals surface area contributed by atoms with Gasteiger partial charge in [0.05, 0.1) is 5.92 Å². The van der Waals surface area contributed by atoms with Gasteiger partial charge in [0.25, 0.3) is 0 Å². The van der Waals surface area contributed by atoms with E-state index >= 15 is 0 Å². The first-order chi connectivity index (χ1) is 10.1. The number of carboxylic acids is 1. The lowest BCUT2D eigenvalue weighted by Crippen LogP contribution is -2.50. The van der Waals surface area contributed by atoms with Gasteiger partial charge >= 0.3 is 12.0 Å². The molecule has 21 heavy (non-hydrogen) atoms. The van der Waals surface area contributed by atoms with Crippen LogP contribution in [0, 0.1) is 11.8 Å². The van der Waals surface area contributed by atoms with Crippen LogP contribution < -0.4 is 5.32 Å². The van der Waals surface area contributed by atoms with Crippen LogP contribution in [0.1, 0.15) is 58.3 Å². The van der Waals surface area contributed by atoms with Crippen LogP contribution in [0.5, 0.6) is 0 Å². The van der Waals surface area contributed by atoms with Gasteiger partial charge in [-0.3, -0.25) is 4.79 Å². The monoisotopic (exact) mass is 296 g/mol. The van der Waals surface area contributed by atoms with Crippen LogP contribution in [-0.4, -0.2) is 41.1 Å². The van der Waals surface area contributed by atoms with E-state index in [0.29, 0.717) is 19.4 Å². The van der Waals surface area contributed by atoms with Gasteiger partial charge in [-0.05, 0) is 32.1 Å². The average molecular weight is 296 g/mol.